The molecule has 5 heteroatoms. The Balaban J connectivity index is 1.98. The minimum atomic E-state index is -0.474. The Morgan fingerprint density at radius 3 is 2.65 bits per heavy atom. The summed E-state index contributed by atoms with van der Waals surface area (Å²) in [4.78, 5) is 23.4. The SMILES string of the molecule is CCOC(=O)Cn1nc(-c2ccc3ccccc3c2)ccc1=O. The molecule has 0 bridgehead atoms. The fraction of sp³-hybridized carbons (Fsp3) is 0.167. The van der Waals surface area contributed by atoms with Gasteiger partial charge in [-0.1, -0.05) is 36.4 Å². The largest absolute Gasteiger partial charge is 0.465 e. The Morgan fingerprint density at radius 2 is 1.87 bits per heavy atom. The summed E-state index contributed by atoms with van der Waals surface area (Å²) in [6, 6.07) is 17.1. The van der Waals surface area contributed by atoms with Gasteiger partial charge in [0.1, 0.15) is 6.54 Å². The van der Waals surface area contributed by atoms with Gasteiger partial charge in [0, 0.05) is 11.6 Å². The lowest BCUT2D eigenvalue weighted by Gasteiger charge is -2.07. The predicted molar refractivity (Wildman–Crippen MR) is 88.1 cm³/mol. The molecule has 3 aromatic rings. The summed E-state index contributed by atoms with van der Waals surface area (Å²) in [5.74, 6) is -0.474. The monoisotopic (exact) mass is 308 g/mol. The van der Waals surface area contributed by atoms with Crippen LogP contribution in [-0.4, -0.2) is 22.4 Å². The van der Waals surface area contributed by atoms with Crippen molar-refractivity contribution in [1.29, 1.82) is 0 Å². The lowest BCUT2D eigenvalue weighted by Crippen LogP contribution is -2.27. The van der Waals surface area contributed by atoms with Gasteiger partial charge in [-0.2, -0.15) is 5.10 Å². The van der Waals surface area contributed by atoms with Gasteiger partial charge in [-0.15, -0.1) is 0 Å². The Hall–Kier alpha value is -2.95. The minimum absolute atomic E-state index is 0.186. The number of ether oxygens (including phenoxy) is 1. The number of nitrogens with zero attached hydrogens (tertiary/aromatic N) is 2. The van der Waals surface area contributed by atoms with Crippen molar-refractivity contribution < 1.29 is 9.53 Å². The quantitative estimate of drug-likeness (QED) is 0.695. The molecule has 5 nitrogen and oxygen atoms in total. The number of esters is 1. The first-order valence-corrected chi connectivity index (χ1v) is 7.40. The smallest absolute Gasteiger partial charge is 0.327 e. The second-order valence-electron chi connectivity index (χ2n) is 5.08. The highest BCUT2D eigenvalue weighted by Gasteiger charge is 2.09. The minimum Gasteiger partial charge on any atom is -0.465 e. The van der Waals surface area contributed by atoms with Crippen molar-refractivity contribution in [3.8, 4) is 11.3 Å². The highest BCUT2D eigenvalue weighted by molar-refractivity contribution is 5.86. The highest BCUT2D eigenvalue weighted by Crippen LogP contribution is 2.22. The molecule has 2 aromatic carbocycles. The summed E-state index contributed by atoms with van der Waals surface area (Å²) < 4.78 is 5.99. The molecule has 0 atom stereocenters. The van der Waals surface area contributed by atoms with E-state index in [0.717, 1.165) is 21.0 Å². The van der Waals surface area contributed by atoms with Gasteiger partial charge in [-0.3, -0.25) is 9.59 Å². The molecular weight excluding hydrogens is 292 g/mol. The van der Waals surface area contributed by atoms with Crippen molar-refractivity contribution in [3.63, 3.8) is 0 Å². The van der Waals surface area contributed by atoms with Crippen LogP contribution in [0.25, 0.3) is 22.0 Å². The zero-order chi connectivity index (χ0) is 16.2. The maximum Gasteiger partial charge on any atom is 0.327 e. The van der Waals surface area contributed by atoms with Crippen molar-refractivity contribution in [1.82, 2.24) is 9.78 Å². The van der Waals surface area contributed by atoms with Crippen molar-refractivity contribution in [2.24, 2.45) is 0 Å². The summed E-state index contributed by atoms with van der Waals surface area (Å²) in [5.41, 5.74) is 1.20. The fourth-order valence-corrected chi connectivity index (χ4v) is 2.39. The molecule has 0 saturated carbocycles. The van der Waals surface area contributed by atoms with Gasteiger partial charge in [0.2, 0.25) is 0 Å². The number of rotatable bonds is 4. The maximum atomic E-state index is 11.8. The van der Waals surface area contributed by atoms with Crippen LogP contribution in [0.3, 0.4) is 0 Å². The van der Waals surface area contributed by atoms with E-state index in [4.69, 9.17) is 4.74 Å². The molecule has 0 radical (unpaired) electrons. The van der Waals surface area contributed by atoms with Crippen LogP contribution in [0, 0.1) is 0 Å². The van der Waals surface area contributed by atoms with Crippen molar-refractivity contribution >= 4 is 16.7 Å². The number of aromatic nitrogens is 2. The molecule has 0 unspecified atom stereocenters. The van der Waals surface area contributed by atoms with Crippen LogP contribution in [-0.2, 0) is 16.1 Å². The Kier molecular flexibility index (Phi) is 4.19. The first-order chi connectivity index (χ1) is 11.2. The molecule has 0 N–H and O–H groups in total. The molecule has 0 aliphatic carbocycles. The van der Waals surface area contributed by atoms with E-state index in [-0.39, 0.29) is 18.7 Å². The molecule has 1 aromatic heterocycles. The number of carbonyl (C=O) groups excluding carboxylic acids is 1. The first kappa shape index (κ1) is 15.0. The van der Waals surface area contributed by atoms with Crippen LogP contribution in [0.2, 0.25) is 0 Å². The van der Waals surface area contributed by atoms with Crippen molar-refractivity contribution in [2.45, 2.75) is 13.5 Å². The van der Waals surface area contributed by atoms with Crippen LogP contribution >= 0.6 is 0 Å². The van der Waals surface area contributed by atoms with Gasteiger partial charge in [0.05, 0.1) is 12.3 Å². The van der Waals surface area contributed by atoms with Crippen LogP contribution in [0.15, 0.2) is 59.4 Å². The third-order valence-electron chi connectivity index (χ3n) is 3.50. The van der Waals surface area contributed by atoms with E-state index in [1.165, 1.54) is 6.07 Å². The number of carbonyl (C=O) groups is 1. The zero-order valence-electron chi connectivity index (χ0n) is 12.7. The Bertz CT molecular complexity index is 915. The lowest BCUT2D eigenvalue weighted by molar-refractivity contribution is -0.144. The Labute approximate surface area is 133 Å². The van der Waals surface area contributed by atoms with Gasteiger partial charge in [-0.05, 0) is 29.8 Å². The molecule has 0 saturated heterocycles. The van der Waals surface area contributed by atoms with Crippen molar-refractivity contribution in [3.05, 3.63) is 65.0 Å². The number of hydrogen-bond donors (Lipinski definition) is 0. The summed E-state index contributed by atoms with van der Waals surface area (Å²) in [7, 11) is 0. The van der Waals surface area contributed by atoms with E-state index in [9.17, 15) is 9.59 Å². The number of hydrogen-bond acceptors (Lipinski definition) is 4. The molecule has 116 valence electrons. The summed E-state index contributed by atoms with van der Waals surface area (Å²) >= 11 is 0. The molecule has 0 fully saturated rings. The summed E-state index contributed by atoms with van der Waals surface area (Å²) in [6.07, 6.45) is 0. The first-order valence-electron chi connectivity index (χ1n) is 7.40. The highest BCUT2D eigenvalue weighted by atomic mass is 16.5. The molecule has 0 aliphatic rings. The normalized spacial score (nSPS) is 10.7. The van der Waals surface area contributed by atoms with Gasteiger partial charge < -0.3 is 4.74 Å². The second-order valence-corrected chi connectivity index (χ2v) is 5.08. The molecular formula is C18H16N2O3. The molecule has 0 aliphatic heterocycles. The van der Waals surface area contributed by atoms with Crippen LogP contribution in [0.4, 0.5) is 0 Å². The predicted octanol–water partition coefficient (Wildman–Crippen LogP) is 2.63. The van der Waals surface area contributed by atoms with Crippen LogP contribution in [0.5, 0.6) is 0 Å². The van der Waals surface area contributed by atoms with Crippen LogP contribution in [0.1, 0.15) is 6.92 Å². The van der Waals surface area contributed by atoms with Gasteiger partial charge in [0.25, 0.3) is 5.56 Å². The lowest BCUT2D eigenvalue weighted by atomic mass is 10.1. The Morgan fingerprint density at radius 1 is 1.09 bits per heavy atom. The van der Waals surface area contributed by atoms with E-state index < -0.39 is 5.97 Å². The third-order valence-corrected chi connectivity index (χ3v) is 3.50. The maximum absolute atomic E-state index is 11.8. The fourth-order valence-electron chi connectivity index (χ4n) is 2.39. The number of benzene rings is 2. The average Bonchev–Trinajstić information content (AvgIpc) is 2.56. The molecule has 0 amide bonds. The number of fused-ring (bicyclic) bond motifs is 1. The van der Waals surface area contributed by atoms with Gasteiger partial charge in [0.15, 0.2) is 0 Å². The molecule has 3 rings (SSSR count). The standard InChI is InChI=1S/C18H16N2O3/c1-2-23-18(22)12-20-17(21)10-9-16(19-20)15-8-7-13-5-3-4-6-14(13)11-15/h3-11H,2,12H2,1H3. The van der Waals surface area contributed by atoms with Gasteiger partial charge >= 0.3 is 5.97 Å². The topological polar surface area (TPSA) is 61.2 Å². The summed E-state index contributed by atoms with van der Waals surface area (Å²) in [6.45, 7) is 1.81. The average molecular weight is 308 g/mol. The zero-order valence-corrected chi connectivity index (χ0v) is 12.7. The third kappa shape index (κ3) is 3.29. The molecule has 0 spiro atoms. The van der Waals surface area contributed by atoms with E-state index in [0.29, 0.717) is 5.69 Å². The van der Waals surface area contributed by atoms with Crippen molar-refractivity contribution in [2.75, 3.05) is 6.61 Å². The van der Waals surface area contributed by atoms with E-state index in [2.05, 4.69) is 5.10 Å². The van der Waals surface area contributed by atoms with E-state index >= 15 is 0 Å². The van der Waals surface area contributed by atoms with E-state index in [1.807, 2.05) is 42.5 Å². The molecule has 23 heavy (non-hydrogen) atoms. The van der Waals surface area contributed by atoms with Gasteiger partial charge in [-0.25, -0.2) is 4.68 Å². The second kappa shape index (κ2) is 6.44. The molecule has 1 heterocycles. The summed E-state index contributed by atoms with van der Waals surface area (Å²) in [5, 5.41) is 6.50. The van der Waals surface area contributed by atoms with E-state index in [1.54, 1.807) is 13.0 Å². The van der Waals surface area contributed by atoms with Crippen LogP contribution < -0.4 is 5.56 Å².